The summed E-state index contributed by atoms with van der Waals surface area (Å²) in [7, 11) is -2.51. The van der Waals surface area contributed by atoms with E-state index in [-0.39, 0.29) is 11.1 Å². The van der Waals surface area contributed by atoms with E-state index in [0.717, 1.165) is 28.0 Å². The van der Waals surface area contributed by atoms with Crippen LogP contribution in [0.25, 0.3) is 11.0 Å². The van der Waals surface area contributed by atoms with E-state index in [1.54, 1.807) is 12.1 Å². The van der Waals surface area contributed by atoms with Gasteiger partial charge in [0.15, 0.2) is 5.09 Å². The van der Waals surface area contributed by atoms with Crippen molar-refractivity contribution in [3.63, 3.8) is 0 Å². The normalized spacial score (nSPS) is 18.5. The van der Waals surface area contributed by atoms with E-state index < -0.39 is 21.6 Å². The number of aromatic amines is 1. The molecule has 1 aliphatic rings. The summed E-state index contributed by atoms with van der Waals surface area (Å²) < 4.78 is 31.6. The van der Waals surface area contributed by atoms with Gasteiger partial charge in [-0.3, -0.25) is 9.31 Å². The first kappa shape index (κ1) is 22.0. The second-order valence-corrected chi connectivity index (χ2v) is 11.0. The maximum atomic E-state index is 13.1. The number of benzene rings is 1. The summed E-state index contributed by atoms with van der Waals surface area (Å²) in [5.74, 6) is 0.673. The Morgan fingerprint density at radius 3 is 2.84 bits per heavy atom. The molecule has 31 heavy (non-hydrogen) atoms. The van der Waals surface area contributed by atoms with Crippen LogP contribution < -0.4 is 5.32 Å². The van der Waals surface area contributed by atoms with Gasteiger partial charge in [0.2, 0.25) is 0 Å². The van der Waals surface area contributed by atoms with Gasteiger partial charge >= 0.3 is 0 Å². The number of hydrogen-bond donors (Lipinski definition) is 2. The van der Waals surface area contributed by atoms with Gasteiger partial charge in [-0.1, -0.05) is 35.9 Å². The molecule has 4 rings (SSSR count). The minimum Gasteiger partial charge on any atom is -0.447 e. The van der Waals surface area contributed by atoms with Gasteiger partial charge in [-0.05, 0) is 44.4 Å². The lowest BCUT2D eigenvalue weighted by atomic mass is 10.1. The van der Waals surface area contributed by atoms with Crippen LogP contribution in [-0.4, -0.2) is 35.5 Å². The topological polar surface area (TPSA) is 88.0 Å². The SMILES string of the molecule is Cc1n[nH]c(C)c1CCS(=O)C1CC=C(Cl)C=C1NCS(=O)c1cc2ccccc2o1. The fraction of sp³-hybridized carbons (Fsp3) is 0.318. The van der Waals surface area contributed by atoms with E-state index in [1.165, 1.54) is 0 Å². The molecule has 2 aromatic heterocycles. The van der Waals surface area contributed by atoms with Crippen LogP contribution in [0.5, 0.6) is 0 Å². The largest absolute Gasteiger partial charge is 0.447 e. The molecule has 0 aliphatic heterocycles. The molecule has 0 bridgehead atoms. The van der Waals surface area contributed by atoms with Crippen LogP contribution in [-0.2, 0) is 28.0 Å². The molecule has 3 unspecified atom stereocenters. The van der Waals surface area contributed by atoms with Gasteiger partial charge in [0.25, 0.3) is 0 Å². The molecule has 2 N–H and O–H groups in total. The zero-order valence-electron chi connectivity index (χ0n) is 17.3. The highest BCUT2D eigenvalue weighted by Crippen LogP contribution is 2.25. The Morgan fingerprint density at radius 1 is 1.29 bits per heavy atom. The fourth-order valence-corrected chi connectivity index (χ4v) is 6.16. The molecule has 0 spiro atoms. The Hall–Kier alpha value is -2.16. The Bertz CT molecular complexity index is 1160. The van der Waals surface area contributed by atoms with Crippen molar-refractivity contribution in [2.24, 2.45) is 0 Å². The first-order valence-corrected chi connectivity index (χ1v) is 13.1. The molecular formula is C22H24ClN3O3S2. The first-order chi connectivity index (χ1) is 14.9. The summed E-state index contributed by atoms with van der Waals surface area (Å²) in [5, 5.41) is 12.1. The number of nitrogens with zero attached hydrogens (tertiary/aromatic N) is 1. The number of fused-ring (bicyclic) bond motifs is 1. The summed E-state index contributed by atoms with van der Waals surface area (Å²) in [6.07, 6.45) is 4.91. The number of hydrogen-bond acceptors (Lipinski definition) is 5. The second-order valence-electron chi connectivity index (χ2n) is 7.43. The molecule has 2 heterocycles. The third-order valence-electron chi connectivity index (χ3n) is 5.35. The molecule has 3 aromatic rings. The van der Waals surface area contributed by atoms with Crippen LogP contribution >= 0.6 is 11.6 Å². The number of halogens is 1. The fourth-order valence-electron chi connectivity index (χ4n) is 3.64. The molecule has 0 saturated carbocycles. The van der Waals surface area contributed by atoms with E-state index in [2.05, 4.69) is 15.5 Å². The molecular weight excluding hydrogens is 454 g/mol. The van der Waals surface area contributed by atoms with Crippen LogP contribution in [0.15, 0.2) is 62.7 Å². The zero-order chi connectivity index (χ0) is 22.0. The lowest BCUT2D eigenvalue weighted by molar-refractivity contribution is 0.502. The summed E-state index contributed by atoms with van der Waals surface area (Å²) >= 11 is 6.21. The second kappa shape index (κ2) is 9.54. The van der Waals surface area contributed by atoms with Gasteiger partial charge in [-0.15, -0.1) is 0 Å². The Morgan fingerprint density at radius 2 is 2.10 bits per heavy atom. The number of aromatic nitrogens is 2. The van der Waals surface area contributed by atoms with Crippen LogP contribution in [0, 0.1) is 13.8 Å². The van der Waals surface area contributed by atoms with Crippen LogP contribution in [0.1, 0.15) is 23.4 Å². The first-order valence-electron chi connectivity index (χ1n) is 9.98. The van der Waals surface area contributed by atoms with Crippen molar-refractivity contribution in [1.82, 2.24) is 15.5 Å². The highest BCUT2D eigenvalue weighted by Gasteiger charge is 2.25. The summed E-state index contributed by atoms with van der Waals surface area (Å²) in [5.41, 5.74) is 4.52. The Balaban J connectivity index is 1.41. The van der Waals surface area contributed by atoms with Crippen LogP contribution in [0.2, 0.25) is 0 Å². The number of nitrogens with one attached hydrogen (secondary N) is 2. The van der Waals surface area contributed by atoms with Crippen LogP contribution in [0.3, 0.4) is 0 Å². The predicted molar refractivity (Wildman–Crippen MR) is 126 cm³/mol. The minimum absolute atomic E-state index is 0.156. The average Bonchev–Trinajstić information content (AvgIpc) is 3.33. The predicted octanol–water partition coefficient (Wildman–Crippen LogP) is 4.20. The van der Waals surface area contributed by atoms with Crippen molar-refractivity contribution in [2.45, 2.75) is 37.0 Å². The maximum Gasteiger partial charge on any atom is 0.193 e. The van der Waals surface area contributed by atoms with Crippen molar-refractivity contribution in [3.8, 4) is 0 Å². The van der Waals surface area contributed by atoms with E-state index >= 15 is 0 Å². The van der Waals surface area contributed by atoms with E-state index in [0.29, 0.717) is 34.3 Å². The van der Waals surface area contributed by atoms with Gasteiger partial charge in [0.05, 0.1) is 16.8 Å². The molecule has 9 heteroatoms. The number of aryl methyl sites for hydroxylation is 2. The van der Waals surface area contributed by atoms with Crippen molar-refractivity contribution in [3.05, 3.63) is 70.2 Å². The Kier molecular flexibility index (Phi) is 6.79. The lowest BCUT2D eigenvalue weighted by Gasteiger charge is -2.23. The number of rotatable bonds is 8. The number of para-hydroxylation sites is 1. The monoisotopic (exact) mass is 477 g/mol. The smallest absolute Gasteiger partial charge is 0.193 e. The average molecular weight is 478 g/mol. The molecule has 0 radical (unpaired) electrons. The zero-order valence-corrected chi connectivity index (χ0v) is 19.7. The van der Waals surface area contributed by atoms with Gasteiger partial charge in [0, 0.05) is 44.4 Å². The summed E-state index contributed by atoms with van der Waals surface area (Å²) in [4.78, 5) is 0. The molecule has 0 saturated heterocycles. The highest BCUT2D eigenvalue weighted by atomic mass is 35.5. The summed E-state index contributed by atoms with van der Waals surface area (Å²) in [6.45, 7) is 3.92. The van der Waals surface area contributed by atoms with E-state index in [4.69, 9.17) is 16.0 Å². The van der Waals surface area contributed by atoms with Gasteiger partial charge in [-0.2, -0.15) is 5.10 Å². The summed E-state index contributed by atoms with van der Waals surface area (Å²) in [6, 6.07) is 9.35. The van der Waals surface area contributed by atoms with Gasteiger partial charge in [0.1, 0.15) is 16.4 Å². The quantitative estimate of drug-likeness (QED) is 0.507. The highest BCUT2D eigenvalue weighted by molar-refractivity contribution is 7.86. The molecule has 6 nitrogen and oxygen atoms in total. The maximum absolute atomic E-state index is 13.1. The van der Waals surface area contributed by atoms with E-state index in [1.807, 2.05) is 44.2 Å². The van der Waals surface area contributed by atoms with Gasteiger partial charge < -0.3 is 9.73 Å². The lowest BCUT2D eigenvalue weighted by Crippen LogP contribution is -2.32. The van der Waals surface area contributed by atoms with Crippen molar-refractivity contribution < 1.29 is 12.8 Å². The van der Waals surface area contributed by atoms with Crippen molar-refractivity contribution in [2.75, 3.05) is 11.6 Å². The molecule has 164 valence electrons. The van der Waals surface area contributed by atoms with Crippen molar-refractivity contribution in [1.29, 1.82) is 0 Å². The third-order valence-corrected chi connectivity index (χ3v) is 8.36. The minimum atomic E-state index is -1.38. The number of allylic oxidation sites excluding steroid dienone is 3. The Labute approximate surface area is 191 Å². The van der Waals surface area contributed by atoms with Gasteiger partial charge in [-0.25, -0.2) is 4.21 Å². The molecule has 3 atom stereocenters. The molecule has 1 aliphatic carbocycles. The van der Waals surface area contributed by atoms with E-state index in [9.17, 15) is 8.42 Å². The molecule has 0 fully saturated rings. The van der Waals surface area contributed by atoms with Crippen LogP contribution in [0.4, 0.5) is 0 Å². The molecule has 1 aromatic carbocycles. The number of furan rings is 1. The van der Waals surface area contributed by atoms with Crippen molar-refractivity contribution >= 4 is 44.2 Å². The molecule has 0 amide bonds. The third kappa shape index (κ3) is 5.02. The number of H-pyrrole nitrogens is 1. The standard InChI is InChI=1S/C22H24ClN3O3S2/c1-14-18(15(2)26-25-14)9-10-30(27)21-8-7-17(23)12-19(21)24-13-31(28)22-11-16-5-3-4-6-20(16)29-22/h3-7,11-12,21,24H,8-10,13H2,1-2H3,(H,25,26).